The Bertz CT molecular complexity index is 615. The molecule has 0 radical (unpaired) electrons. The molecule has 0 spiro atoms. The third kappa shape index (κ3) is 3.86. The molecule has 1 atom stereocenters. The van der Waals surface area contributed by atoms with Crippen molar-refractivity contribution >= 4 is 11.6 Å². The van der Waals surface area contributed by atoms with Crippen molar-refractivity contribution < 1.29 is 9.63 Å². The minimum Gasteiger partial charge on any atom is -0.390 e. The predicted molar refractivity (Wildman–Crippen MR) is 95.9 cm³/mol. The van der Waals surface area contributed by atoms with E-state index in [9.17, 15) is 4.79 Å². The van der Waals surface area contributed by atoms with E-state index in [4.69, 9.17) is 4.84 Å². The molecule has 0 unspecified atom stereocenters. The molecule has 24 heavy (non-hydrogen) atoms. The van der Waals surface area contributed by atoms with Crippen molar-refractivity contribution in [3.05, 3.63) is 48.0 Å². The Morgan fingerprint density at radius 3 is 2.71 bits per heavy atom. The molecule has 4 nitrogen and oxygen atoms in total. The van der Waals surface area contributed by atoms with Gasteiger partial charge in [-0.2, -0.15) is 0 Å². The quantitative estimate of drug-likeness (QED) is 0.748. The average Bonchev–Trinajstić information content (AvgIpc) is 3.26. The second-order valence-corrected chi connectivity index (χ2v) is 6.85. The number of aryl methyl sites for hydroxylation is 1. The van der Waals surface area contributed by atoms with Crippen molar-refractivity contribution in [2.24, 2.45) is 11.1 Å². The van der Waals surface area contributed by atoms with E-state index in [2.05, 4.69) is 42.9 Å². The molecule has 4 heteroatoms. The van der Waals surface area contributed by atoms with E-state index < -0.39 is 0 Å². The van der Waals surface area contributed by atoms with Crippen LogP contribution < -0.4 is 0 Å². The molecule has 1 heterocycles. The van der Waals surface area contributed by atoms with E-state index in [0.717, 1.165) is 30.5 Å². The molecule has 1 saturated carbocycles. The van der Waals surface area contributed by atoms with Gasteiger partial charge in [0.25, 0.3) is 0 Å². The minimum absolute atomic E-state index is 0.0633. The van der Waals surface area contributed by atoms with Crippen LogP contribution in [0.15, 0.2) is 42.1 Å². The number of carbonyl (C=O) groups excluding carboxylic acids is 1. The summed E-state index contributed by atoms with van der Waals surface area (Å²) in [4.78, 5) is 20.2. The lowest BCUT2D eigenvalue weighted by Gasteiger charge is -2.26. The fourth-order valence-corrected chi connectivity index (χ4v) is 3.53. The van der Waals surface area contributed by atoms with Gasteiger partial charge >= 0.3 is 0 Å². The second kappa shape index (κ2) is 7.65. The molecular formula is C20H26N2O2. The molecule has 1 aliphatic carbocycles. The number of hydrogen-bond acceptors (Lipinski definition) is 3. The third-order valence-electron chi connectivity index (χ3n) is 4.91. The fourth-order valence-electron chi connectivity index (χ4n) is 3.53. The highest BCUT2D eigenvalue weighted by atomic mass is 16.6. The van der Waals surface area contributed by atoms with E-state index >= 15 is 0 Å². The van der Waals surface area contributed by atoms with Crippen LogP contribution in [-0.2, 0) is 9.63 Å². The molecule has 1 aromatic rings. The van der Waals surface area contributed by atoms with Crippen molar-refractivity contribution in [1.29, 1.82) is 0 Å². The van der Waals surface area contributed by atoms with Gasteiger partial charge in [-0.05, 0) is 25.3 Å². The SMILES string of the molecule is C=CCN(C[C@H]1CC(c2ccc(C)cc2)=NO1)C(=O)C1CCCC1. The highest BCUT2D eigenvalue weighted by Gasteiger charge is 2.30. The maximum Gasteiger partial charge on any atom is 0.226 e. The maximum atomic E-state index is 12.7. The summed E-state index contributed by atoms with van der Waals surface area (Å²) in [6.07, 6.45) is 6.84. The summed E-state index contributed by atoms with van der Waals surface area (Å²) in [5.74, 6) is 0.434. The van der Waals surface area contributed by atoms with Gasteiger partial charge in [0.05, 0.1) is 12.3 Å². The maximum absolute atomic E-state index is 12.7. The Balaban J connectivity index is 1.59. The van der Waals surface area contributed by atoms with Gasteiger partial charge in [0.1, 0.15) is 0 Å². The van der Waals surface area contributed by atoms with E-state index in [1.165, 1.54) is 18.4 Å². The van der Waals surface area contributed by atoms with Crippen molar-refractivity contribution in [2.45, 2.75) is 45.1 Å². The van der Waals surface area contributed by atoms with Gasteiger partial charge in [-0.1, -0.05) is 53.9 Å². The Morgan fingerprint density at radius 1 is 1.33 bits per heavy atom. The van der Waals surface area contributed by atoms with Crippen molar-refractivity contribution in [2.75, 3.05) is 13.1 Å². The standard InChI is InChI=1S/C20H26N2O2/c1-3-12-22(20(23)17-6-4-5-7-17)14-18-13-19(21-24-18)16-10-8-15(2)9-11-16/h3,8-11,17-18H,1,4-7,12-14H2,2H3/t18-/m1/s1. The van der Waals surface area contributed by atoms with Crippen LogP contribution >= 0.6 is 0 Å². The summed E-state index contributed by atoms with van der Waals surface area (Å²) in [5, 5.41) is 4.24. The molecule has 2 aliphatic rings. The van der Waals surface area contributed by atoms with Crippen LogP contribution in [0.3, 0.4) is 0 Å². The number of oxime groups is 1. The number of amides is 1. The van der Waals surface area contributed by atoms with E-state index in [0.29, 0.717) is 13.1 Å². The first-order valence-corrected chi connectivity index (χ1v) is 8.87. The third-order valence-corrected chi connectivity index (χ3v) is 4.91. The van der Waals surface area contributed by atoms with Gasteiger partial charge in [0, 0.05) is 18.9 Å². The molecule has 1 amide bonds. The summed E-state index contributed by atoms with van der Waals surface area (Å²) in [6, 6.07) is 8.31. The number of benzene rings is 1. The van der Waals surface area contributed by atoms with Crippen LogP contribution in [0, 0.1) is 12.8 Å². The first-order chi connectivity index (χ1) is 11.7. The summed E-state index contributed by atoms with van der Waals surface area (Å²) in [6.45, 7) is 7.02. The molecule has 1 aromatic carbocycles. The topological polar surface area (TPSA) is 41.9 Å². The van der Waals surface area contributed by atoms with Gasteiger partial charge in [-0.25, -0.2) is 0 Å². The number of hydrogen-bond donors (Lipinski definition) is 0. The monoisotopic (exact) mass is 326 g/mol. The van der Waals surface area contributed by atoms with Crippen LogP contribution in [0.4, 0.5) is 0 Å². The molecule has 3 rings (SSSR count). The predicted octanol–water partition coefficient (Wildman–Crippen LogP) is 3.69. The zero-order valence-electron chi connectivity index (χ0n) is 14.4. The Morgan fingerprint density at radius 2 is 2.04 bits per heavy atom. The van der Waals surface area contributed by atoms with Gasteiger partial charge in [0.15, 0.2) is 6.10 Å². The average molecular weight is 326 g/mol. The number of rotatable bonds is 6. The largest absolute Gasteiger partial charge is 0.390 e. The molecule has 128 valence electrons. The van der Waals surface area contributed by atoms with Gasteiger partial charge in [-0.3, -0.25) is 4.79 Å². The summed E-state index contributed by atoms with van der Waals surface area (Å²) in [5.41, 5.74) is 3.29. The van der Waals surface area contributed by atoms with Gasteiger partial charge in [-0.15, -0.1) is 6.58 Å². The molecule has 0 aromatic heterocycles. The first-order valence-electron chi connectivity index (χ1n) is 8.87. The molecular weight excluding hydrogens is 300 g/mol. The molecule has 0 bridgehead atoms. The van der Waals surface area contributed by atoms with E-state index in [-0.39, 0.29) is 17.9 Å². The highest BCUT2D eigenvalue weighted by molar-refractivity contribution is 6.01. The molecule has 0 N–H and O–H groups in total. The lowest BCUT2D eigenvalue weighted by atomic mass is 10.0. The number of carbonyl (C=O) groups is 1. The van der Waals surface area contributed by atoms with Crippen LogP contribution in [-0.4, -0.2) is 35.7 Å². The Labute approximate surface area is 144 Å². The van der Waals surface area contributed by atoms with Crippen molar-refractivity contribution in [3.63, 3.8) is 0 Å². The van der Waals surface area contributed by atoms with Gasteiger partial charge in [0.2, 0.25) is 5.91 Å². The van der Waals surface area contributed by atoms with Crippen LogP contribution in [0.25, 0.3) is 0 Å². The highest BCUT2D eigenvalue weighted by Crippen LogP contribution is 2.27. The smallest absolute Gasteiger partial charge is 0.226 e. The van der Waals surface area contributed by atoms with E-state index in [1.807, 2.05) is 4.90 Å². The van der Waals surface area contributed by atoms with Gasteiger partial charge < -0.3 is 9.74 Å². The molecule has 1 aliphatic heterocycles. The van der Waals surface area contributed by atoms with Crippen LogP contribution in [0.2, 0.25) is 0 Å². The van der Waals surface area contributed by atoms with Crippen LogP contribution in [0.5, 0.6) is 0 Å². The minimum atomic E-state index is -0.0633. The van der Waals surface area contributed by atoms with Crippen molar-refractivity contribution in [1.82, 2.24) is 4.90 Å². The summed E-state index contributed by atoms with van der Waals surface area (Å²) >= 11 is 0. The fraction of sp³-hybridized carbons (Fsp3) is 0.500. The molecule has 1 fully saturated rings. The normalized spacial score (nSPS) is 20.5. The van der Waals surface area contributed by atoms with Crippen LogP contribution in [0.1, 0.15) is 43.2 Å². The van der Waals surface area contributed by atoms with E-state index in [1.54, 1.807) is 6.08 Å². The Hall–Kier alpha value is -2.10. The summed E-state index contributed by atoms with van der Waals surface area (Å²) in [7, 11) is 0. The second-order valence-electron chi connectivity index (χ2n) is 6.85. The lowest BCUT2D eigenvalue weighted by Crippen LogP contribution is -2.40. The molecule has 0 saturated heterocycles. The number of nitrogens with zero attached hydrogens (tertiary/aromatic N) is 2. The zero-order valence-corrected chi connectivity index (χ0v) is 14.4. The Kier molecular flexibility index (Phi) is 5.34. The zero-order chi connectivity index (χ0) is 16.9. The lowest BCUT2D eigenvalue weighted by molar-refractivity contribution is -0.136. The summed E-state index contributed by atoms with van der Waals surface area (Å²) < 4.78 is 0. The van der Waals surface area contributed by atoms with Crippen molar-refractivity contribution in [3.8, 4) is 0 Å². The first kappa shape index (κ1) is 16.7.